The molecule has 2 rings (SSSR count). The summed E-state index contributed by atoms with van der Waals surface area (Å²) in [5.41, 5.74) is -0.103. The third kappa shape index (κ3) is 4.85. The maximum absolute atomic E-state index is 13.9. The molecule has 0 aromatic heterocycles. The highest BCUT2D eigenvalue weighted by molar-refractivity contribution is 9.10. The van der Waals surface area contributed by atoms with E-state index in [2.05, 4.69) is 26.0 Å². The topological polar surface area (TPSA) is 93.7 Å². The van der Waals surface area contributed by atoms with Gasteiger partial charge in [-0.2, -0.15) is 0 Å². The van der Waals surface area contributed by atoms with Crippen LogP contribution in [0.3, 0.4) is 0 Å². The molecule has 2 aromatic carbocycles. The molecule has 0 bridgehead atoms. The highest BCUT2D eigenvalue weighted by atomic mass is 79.9. The van der Waals surface area contributed by atoms with E-state index in [9.17, 15) is 17.6 Å². The number of hydrogen-bond acceptors (Lipinski definition) is 5. The van der Waals surface area contributed by atoms with Crippen LogP contribution in [-0.2, 0) is 14.8 Å². The second kappa shape index (κ2) is 8.37. The smallest absolute Gasteiger partial charge is 0.411 e. The molecule has 0 fully saturated rings. The molecule has 10 heteroatoms. The first-order valence-corrected chi connectivity index (χ1v) is 9.64. The van der Waals surface area contributed by atoms with Crippen molar-refractivity contribution in [3.8, 4) is 5.75 Å². The number of ether oxygens (including phenoxy) is 2. The van der Waals surface area contributed by atoms with Gasteiger partial charge >= 0.3 is 6.09 Å². The van der Waals surface area contributed by atoms with Gasteiger partial charge in [0.05, 0.1) is 30.0 Å². The van der Waals surface area contributed by atoms with E-state index in [4.69, 9.17) is 9.47 Å². The molecule has 26 heavy (non-hydrogen) atoms. The number of sulfonamides is 1. The van der Waals surface area contributed by atoms with E-state index in [1.807, 2.05) is 0 Å². The summed E-state index contributed by atoms with van der Waals surface area (Å²) in [6.07, 6.45) is -0.757. The lowest BCUT2D eigenvalue weighted by atomic mass is 10.3. The molecule has 140 valence electrons. The van der Waals surface area contributed by atoms with Gasteiger partial charge < -0.3 is 9.47 Å². The maximum atomic E-state index is 13.9. The molecule has 7 nitrogen and oxygen atoms in total. The molecule has 2 aromatic rings. The van der Waals surface area contributed by atoms with Crippen molar-refractivity contribution in [1.29, 1.82) is 0 Å². The Bertz CT molecular complexity index is 921. The van der Waals surface area contributed by atoms with Crippen LogP contribution in [0.1, 0.15) is 6.92 Å². The molecule has 0 radical (unpaired) electrons. The zero-order valence-electron chi connectivity index (χ0n) is 13.9. The Balaban J connectivity index is 2.35. The zero-order chi connectivity index (χ0) is 19.3. The van der Waals surface area contributed by atoms with E-state index >= 15 is 0 Å². The van der Waals surface area contributed by atoms with Gasteiger partial charge in [-0.3, -0.25) is 10.0 Å². The fourth-order valence-corrected chi connectivity index (χ4v) is 3.43. The quantitative estimate of drug-likeness (QED) is 0.699. The second-order valence-corrected chi connectivity index (χ2v) is 7.54. The van der Waals surface area contributed by atoms with E-state index in [-0.39, 0.29) is 28.6 Å². The number of anilines is 2. The van der Waals surface area contributed by atoms with Gasteiger partial charge in [0.1, 0.15) is 11.6 Å². The first-order chi connectivity index (χ1) is 12.3. The van der Waals surface area contributed by atoms with Crippen LogP contribution in [0.2, 0.25) is 0 Å². The van der Waals surface area contributed by atoms with E-state index < -0.39 is 21.9 Å². The van der Waals surface area contributed by atoms with Crippen molar-refractivity contribution < 1.29 is 27.1 Å². The Hall–Kier alpha value is -2.33. The molecule has 0 aliphatic rings. The van der Waals surface area contributed by atoms with Crippen molar-refractivity contribution >= 4 is 43.4 Å². The van der Waals surface area contributed by atoms with Crippen molar-refractivity contribution in [2.45, 2.75) is 11.8 Å². The van der Waals surface area contributed by atoms with Gasteiger partial charge in [0.2, 0.25) is 0 Å². The minimum atomic E-state index is -4.10. The van der Waals surface area contributed by atoms with Crippen LogP contribution >= 0.6 is 15.9 Å². The summed E-state index contributed by atoms with van der Waals surface area (Å²) >= 11 is 3.10. The first-order valence-electron chi connectivity index (χ1n) is 7.36. The number of methoxy groups -OCH3 is 1. The number of carbonyl (C=O) groups is 1. The Morgan fingerprint density at radius 3 is 2.54 bits per heavy atom. The third-order valence-electron chi connectivity index (χ3n) is 3.17. The normalized spacial score (nSPS) is 10.9. The zero-order valence-corrected chi connectivity index (χ0v) is 16.3. The largest absolute Gasteiger partial charge is 0.495 e. The molecule has 0 aliphatic heterocycles. The number of halogens is 2. The summed E-state index contributed by atoms with van der Waals surface area (Å²) in [5, 5.41) is 2.40. The van der Waals surface area contributed by atoms with E-state index in [0.717, 1.165) is 6.07 Å². The molecule has 2 N–H and O–H groups in total. The maximum Gasteiger partial charge on any atom is 0.411 e. The number of nitrogens with one attached hydrogen (secondary N) is 2. The number of rotatable bonds is 6. The van der Waals surface area contributed by atoms with Gasteiger partial charge in [-0.25, -0.2) is 17.6 Å². The molecular weight excluding hydrogens is 431 g/mol. The second-order valence-electron chi connectivity index (χ2n) is 4.94. The third-order valence-corrected chi connectivity index (χ3v) is 5.03. The monoisotopic (exact) mass is 446 g/mol. The van der Waals surface area contributed by atoms with Crippen LogP contribution in [0.15, 0.2) is 45.8 Å². The van der Waals surface area contributed by atoms with Crippen LogP contribution in [0.25, 0.3) is 0 Å². The summed E-state index contributed by atoms with van der Waals surface area (Å²) in [5.74, 6) is -0.492. The summed E-state index contributed by atoms with van der Waals surface area (Å²) in [6, 6.07) is 7.76. The van der Waals surface area contributed by atoms with Crippen molar-refractivity contribution in [2.24, 2.45) is 0 Å². The average Bonchev–Trinajstić information content (AvgIpc) is 2.57. The number of amides is 1. The van der Waals surface area contributed by atoms with E-state index in [1.165, 1.54) is 37.4 Å². The summed E-state index contributed by atoms with van der Waals surface area (Å²) in [7, 11) is -2.73. The molecule has 0 aliphatic carbocycles. The van der Waals surface area contributed by atoms with Gasteiger partial charge in [0, 0.05) is 4.47 Å². The number of benzene rings is 2. The van der Waals surface area contributed by atoms with Crippen LogP contribution in [-0.4, -0.2) is 28.2 Å². The van der Waals surface area contributed by atoms with Gasteiger partial charge in [-0.1, -0.05) is 15.9 Å². The Morgan fingerprint density at radius 1 is 1.19 bits per heavy atom. The lowest BCUT2D eigenvalue weighted by Crippen LogP contribution is -2.16. The number of carbonyl (C=O) groups excluding carboxylic acids is 1. The van der Waals surface area contributed by atoms with E-state index in [1.54, 1.807) is 6.92 Å². The predicted octanol–water partition coefficient (Wildman–Crippen LogP) is 3.97. The van der Waals surface area contributed by atoms with Crippen LogP contribution < -0.4 is 14.8 Å². The molecule has 0 spiro atoms. The van der Waals surface area contributed by atoms with Crippen molar-refractivity contribution in [2.75, 3.05) is 23.8 Å². The molecule has 0 saturated heterocycles. The molecule has 0 atom stereocenters. The Morgan fingerprint density at radius 2 is 1.92 bits per heavy atom. The highest BCUT2D eigenvalue weighted by Crippen LogP contribution is 2.29. The Labute approximate surface area is 158 Å². The van der Waals surface area contributed by atoms with Gasteiger partial charge in [0.25, 0.3) is 10.0 Å². The van der Waals surface area contributed by atoms with Gasteiger partial charge in [-0.15, -0.1) is 0 Å². The van der Waals surface area contributed by atoms with Crippen LogP contribution in [0.5, 0.6) is 5.75 Å². The van der Waals surface area contributed by atoms with Crippen molar-refractivity contribution in [1.82, 2.24) is 0 Å². The number of hydrogen-bond donors (Lipinski definition) is 2. The summed E-state index contributed by atoms with van der Waals surface area (Å²) in [6.45, 7) is 1.78. The average molecular weight is 447 g/mol. The van der Waals surface area contributed by atoms with Gasteiger partial charge in [-0.05, 0) is 43.3 Å². The van der Waals surface area contributed by atoms with Crippen molar-refractivity contribution in [3.63, 3.8) is 0 Å². The predicted molar refractivity (Wildman–Crippen MR) is 98.5 cm³/mol. The molecule has 0 unspecified atom stereocenters. The molecule has 1 amide bonds. The summed E-state index contributed by atoms with van der Waals surface area (Å²) in [4.78, 5) is 11.4. The molecule has 0 heterocycles. The fraction of sp³-hybridized carbons (Fsp3) is 0.188. The van der Waals surface area contributed by atoms with Gasteiger partial charge in [0.15, 0.2) is 0 Å². The Kier molecular flexibility index (Phi) is 6.43. The van der Waals surface area contributed by atoms with Crippen LogP contribution in [0, 0.1) is 5.82 Å². The molecule has 0 saturated carbocycles. The highest BCUT2D eigenvalue weighted by Gasteiger charge is 2.19. The van der Waals surface area contributed by atoms with Crippen molar-refractivity contribution in [3.05, 3.63) is 46.7 Å². The minimum Gasteiger partial charge on any atom is -0.495 e. The lowest BCUT2D eigenvalue weighted by molar-refractivity contribution is 0.168. The first kappa shape index (κ1) is 20.0. The lowest BCUT2D eigenvalue weighted by Gasteiger charge is -2.13. The summed E-state index contributed by atoms with van der Waals surface area (Å²) < 4.78 is 51.5. The van der Waals surface area contributed by atoms with Crippen LogP contribution in [0.4, 0.5) is 20.6 Å². The molecular formula is C16H16BrFN2O5S. The SMILES string of the molecule is CCOC(=O)Nc1cc(S(=O)(=O)Nc2ccc(Br)cc2F)ccc1OC. The standard InChI is InChI=1S/C16H16BrFN2O5S/c1-3-25-16(21)19-14-9-11(5-7-15(14)24-2)26(22,23)20-13-6-4-10(17)8-12(13)18/h4-9,20H,3H2,1-2H3,(H,19,21). The minimum absolute atomic E-state index is 0.102. The van der Waals surface area contributed by atoms with E-state index in [0.29, 0.717) is 4.47 Å². The fourth-order valence-electron chi connectivity index (χ4n) is 2.01.